The number of hydrogen-bond donors (Lipinski definition) is 2. The lowest BCUT2D eigenvalue weighted by molar-refractivity contribution is -0.145. The van der Waals surface area contributed by atoms with Crippen molar-refractivity contribution in [3.63, 3.8) is 0 Å². The Morgan fingerprint density at radius 3 is 2.59 bits per heavy atom. The average Bonchev–Trinajstić information content (AvgIpc) is 3.46. The molecule has 4 atom stereocenters. The van der Waals surface area contributed by atoms with Gasteiger partial charge in [-0.05, 0) is 63.2 Å². The van der Waals surface area contributed by atoms with E-state index in [0.29, 0.717) is 24.9 Å². The second kappa shape index (κ2) is 12.3. The minimum Gasteiger partial charge on any atom is -0.376 e. The van der Waals surface area contributed by atoms with Crippen LogP contribution in [0.2, 0.25) is 0 Å². The molecule has 1 aliphatic carbocycles. The monoisotopic (exact) mass is 566 g/mol. The fourth-order valence-corrected chi connectivity index (χ4v) is 6.07. The summed E-state index contributed by atoms with van der Waals surface area (Å²) in [5.74, 6) is -1.20. The van der Waals surface area contributed by atoms with E-state index in [-0.39, 0.29) is 30.0 Å². The Labute approximate surface area is 231 Å². The first-order chi connectivity index (χ1) is 18.8. The van der Waals surface area contributed by atoms with Crippen LogP contribution in [0.5, 0.6) is 0 Å². The summed E-state index contributed by atoms with van der Waals surface area (Å²) >= 11 is 6.68. The molecule has 5 rings (SSSR count). The number of rotatable bonds is 8. The van der Waals surface area contributed by atoms with Gasteiger partial charge in [-0.3, -0.25) is 9.69 Å². The molecule has 39 heavy (non-hydrogen) atoms. The lowest BCUT2D eigenvalue weighted by Crippen LogP contribution is -2.43. The highest BCUT2D eigenvalue weighted by atomic mass is 35.5. The van der Waals surface area contributed by atoms with Crippen molar-refractivity contribution in [3.8, 4) is 0 Å². The molecule has 0 spiro atoms. The molecule has 0 radical (unpaired) electrons. The number of nitrogens with zero attached hydrogens (tertiary/aromatic N) is 4. The summed E-state index contributed by atoms with van der Waals surface area (Å²) in [5.41, 5.74) is 2.21. The number of pyridine rings is 1. The normalized spacial score (nSPS) is 24.7. The van der Waals surface area contributed by atoms with Crippen molar-refractivity contribution >= 4 is 23.3 Å². The summed E-state index contributed by atoms with van der Waals surface area (Å²) in [7, 11) is 0. The van der Waals surface area contributed by atoms with Gasteiger partial charge >= 0.3 is 6.18 Å². The van der Waals surface area contributed by atoms with Crippen molar-refractivity contribution in [2.24, 2.45) is 0 Å². The molecule has 2 fully saturated rings. The van der Waals surface area contributed by atoms with Crippen LogP contribution < -0.4 is 10.6 Å². The number of anilines is 1. The van der Waals surface area contributed by atoms with Crippen LogP contribution in [0, 0.1) is 0 Å². The molecule has 2 saturated heterocycles. The molecule has 2 N–H and O–H groups in total. The molecule has 3 aliphatic rings. The van der Waals surface area contributed by atoms with Gasteiger partial charge in [-0.25, -0.2) is 15.0 Å². The minimum absolute atomic E-state index is 0.191. The summed E-state index contributed by atoms with van der Waals surface area (Å²) in [6.45, 7) is 3.29. The predicted octanol–water partition coefficient (Wildman–Crippen LogP) is 4.46. The summed E-state index contributed by atoms with van der Waals surface area (Å²) in [6, 6.07) is 3.46. The van der Waals surface area contributed by atoms with Crippen molar-refractivity contribution in [2.45, 2.75) is 74.6 Å². The summed E-state index contributed by atoms with van der Waals surface area (Å²) in [6.07, 6.45) is 4.51. The van der Waals surface area contributed by atoms with Crippen LogP contribution in [-0.4, -0.2) is 70.0 Å². The first kappa shape index (κ1) is 28.0. The zero-order valence-corrected chi connectivity index (χ0v) is 22.5. The smallest absolute Gasteiger partial charge is 0.376 e. The Bertz CT molecular complexity index is 1120. The quantitative estimate of drug-likeness (QED) is 0.456. The fourth-order valence-electron chi connectivity index (χ4n) is 5.71. The zero-order valence-electron chi connectivity index (χ0n) is 21.7. The fraction of sp³-hybridized carbons (Fsp3) is 0.630. The number of hydrogen-bond acceptors (Lipinski definition) is 7. The molecular formula is C27H34ClF3N6O2. The molecule has 0 saturated carbocycles. The SMILES string of the molecule is O=C(NCC(c1cnc(C(F)(F)F)nc1)N1CCCCC1)C1c2ccc(NC[C@H]3CCCO3)nc2CCC1Cl. The number of ether oxygens (including phenoxy) is 1. The van der Waals surface area contributed by atoms with Gasteiger partial charge in [0.25, 0.3) is 0 Å². The van der Waals surface area contributed by atoms with Gasteiger partial charge in [0, 0.05) is 48.7 Å². The van der Waals surface area contributed by atoms with E-state index >= 15 is 0 Å². The maximum Gasteiger partial charge on any atom is 0.451 e. The van der Waals surface area contributed by atoms with Gasteiger partial charge in [-0.15, -0.1) is 11.6 Å². The summed E-state index contributed by atoms with van der Waals surface area (Å²) < 4.78 is 44.7. The number of amides is 1. The molecule has 12 heteroatoms. The van der Waals surface area contributed by atoms with Crippen LogP contribution in [0.4, 0.5) is 19.0 Å². The van der Waals surface area contributed by atoms with Gasteiger partial charge < -0.3 is 15.4 Å². The molecule has 2 aromatic heterocycles. The largest absolute Gasteiger partial charge is 0.451 e. The molecular weight excluding hydrogens is 533 g/mol. The number of alkyl halides is 4. The molecule has 212 valence electrons. The van der Waals surface area contributed by atoms with Crippen molar-refractivity contribution in [3.05, 3.63) is 47.2 Å². The van der Waals surface area contributed by atoms with Gasteiger partial charge in [0.05, 0.1) is 18.1 Å². The molecule has 2 aromatic rings. The number of aryl methyl sites for hydroxylation is 1. The predicted molar refractivity (Wildman–Crippen MR) is 141 cm³/mol. The van der Waals surface area contributed by atoms with E-state index in [1.165, 1.54) is 12.4 Å². The molecule has 2 aliphatic heterocycles. The van der Waals surface area contributed by atoms with E-state index in [1.807, 2.05) is 12.1 Å². The van der Waals surface area contributed by atoms with Gasteiger partial charge in [-0.1, -0.05) is 12.5 Å². The lowest BCUT2D eigenvalue weighted by atomic mass is 9.84. The van der Waals surface area contributed by atoms with E-state index in [0.717, 1.165) is 68.9 Å². The Kier molecular flexibility index (Phi) is 8.88. The number of aromatic nitrogens is 3. The molecule has 0 aromatic carbocycles. The first-order valence-corrected chi connectivity index (χ1v) is 14.1. The highest BCUT2D eigenvalue weighted by Gasteiger charge is 2.37. The topological polar surface area (TPSA) is 92.3 Å². The number of nitrogens with one attached hydrogen (secondary N) is 2. The third-order valence-corrected chi connectivity index (χ3v) is 8.26. The van der Waals surface area contributed by atoms with Crippen LogP contribution >= 0.6 is 11.6 Å². The van der Waals surface area contributed by atoms with Crippen LogP contribution in [-0.2, 0) is 22.1 Å². The number of carbonyl (C=O) groups excluding carboxylic acids is 1. The molecule has 4 heterocycles. The van der Waals surface area contributed by atoms with Crippen LogP contribution in [0.3, 0.4) is 0 Å². The van der Waals surface area contributed by atoms with Gasteiger partial charge in [0.15, 0.2) is 0 Å². The highest BCUT2D eigenvalue weighted by molar-refractivity contribution is 6.23. The first-order valence-electron chi connectivity index (χ1n) is 13.7. The number of halogens is 4. The number of fused-ring (bicyclic) bond motifs is 1. The maximum absolute atomic E-state index is 13.5. The van der Waals surface area contributed by atoms with E-state index in [9.17, 15) is 18.0 Å². The molecule has 3 unspecified atom stereocenters. The average molecular weight is 567 g/mol. The van der Waals surface area contributed by atoms with E-state index < -0.39 is 17.9 Å². The van der Waals surface area contributed by atoms with Crippen LogP contribution in [0.25, 0.3) is 0 Å². The van der Waals surface area contributed by atoms with Gasteiger partial charge in [-0.2, -0.15) is 13.2 Å². The third-order valence-electron chi connectivity index (χ3n) is 7.79. The Hall–Kier alpha value is -2.50. The lowest BCUT2D eigenvalue weighted by Gasteiger charge is -2.35. The second-order valence-corrected chi connectivity index (χ2v) is 11.0. The molecule has 8 nitrogen and oxygen atoms in total. The van der Waals surface area contributed by atoms with E-state index in [1.54, 1.807) is 0 Å². The number of piperidine rings is 1. The van der Waals surface area contributed by atoms with Crippen LogP contribution in [0.1, 0.15) is 73.1 Å². The molecule has 0 bridgehead atoms. The van der Waals surface area contributed by atoms with E-state index in [4.69, 9.17) is 21.3 Å². The van der Waals surface area contributed by atoms with Crippen LogP contribution in [0.15, 0.2) is 24.5 Å². The summed E-state index contributed by atoms with van der Waals surface area (Å²) in [4.78, 5) is 27.6. The standard InChI is InChI=1S/C27H34ClF3N6O2/c28-20-7-8-21-19(6-9-23(36-21)32-15-18-5-4-12-39-18)24(20)25(38)33-16-22(37-10-2-1-3-11-37)17-13-34-26(35-14-17)27(29,30)31/h6,9,13-14,18,20,22,24H,1-5,7-8,10-12,15-16H2,(H,32,36)(H,33,38)/t18-,20?,22?,24?/m1/s1. The summed E-state index contributed by atoms with van der Waals surface area (Å²) in [5, 5.41) is 6.00. The Balaban J connectivity index is 1.28. The van der Waals surface area contributed by atoms with Crippen molar-refractivity contribution in [1.82, 2.24) is 25.2 Å². The van der Waals surface area contributed by atoms with Gasteiger partial charge in [0.1, 0.15) is 5.82 Å². The van der Waals surface area contributed by atoms with Crippen molar-refractivity contribution in [2.75, 3.05) is 38.1 Å². The highest BCUT2D eigenvalue weighted by Crippen LogP contribution is 2.36. The third kappa shape index (κ3) is 6.81. The van der Waals surface area contributed by atoms with Crippen molar-refractivity contribution < 1.29 is 22.7 Å². The van der Waals surface area contributed by atoms with E-state index in [2.05, 4.69) is 25.5 Å². The molecule has 1 amide bonds. The maximum atomic E-state index is 13.5. The van der Waals surface area contributed by atoms with Gasteiger partial charge in [0.2, 0.25) is 11.7 Å². The number of likely N-dealkylation sites (tertiary alicyclic amines) is 1. The zero-order chi connectivity index (χ0) is 27.4. The minimum atomic E-state index is -4.61. The Morgan fingerprint density at radius 1 is 1.13 bits per heavy atom. The second-order valence-electron chi connectivity index (χ2n) is 10.5. The number of carbonyl (C=O) groups is 1. The Morgan fingerprint density at radius 2 is 1.90 bits per heavy atom. The van der Waals surface area contributed by atoms with Crippen molar-refractivity contribution in [1.29, 1.82) is 0 Å².